The lowest BCUT2D eigenvalue weighted by molar-refractivity contribution is -0.137. The van der Waals surface area contributed by atoms with E-state index in [1.54, 1.807) is 30.3 Å². The van der Waals surface area contributed by atoms with Gasteiger partial charge in [0.25, 0.3) is 5.91 Å². The zero-order valence-corrected chi connectivity index (χ0v) is 15.5. The molecule has 1 amide bonds. The highest BCUT2D eigenvalue weighted by molar-refractivity contribution is 6.35. The van der Waals surface area contributed by atoms with Gasteiger partial charge in [0.1, 0.15) is 11.5 Å². The van der Waals surface area contributed by atoms with Crippen molar-refractivity contribution in [2.75, 3.05) is 4.90 Å². The van der Waals surface area contributed by atoms with Crippen LogP contribution in [-0.2, 0) is 17.4 Å². The lowest BCUT2D eigenvalue weighted by atomic mass is 10.0. The van der Waals surface area contributed by atoms with Crippen LogP contribution in [0.25, 0.3) is 5.57 Å². The molecule has 0 spiro atoms. The summed E-state index contributed by atoms with van der Waals surface area (Å²) in [6.45, 7) is 0. The maximum atomic E-state index is 13.1. The number of fused-ring (bicyclic) bond motifs is 1. The van der Waals surface area contributed by atoms with Crippen molar-refractivity contribution in [3.63, 3.8) is 0 Å². The number of phenolic OH excluding ortho intramolecular Hbond substituents is 2. The predicted molar refractivity (Wildman–Crippen MR) is 106 cm³/mol. The number of rotatable bonds is 3. The molecule has 1 aliphatic rings. The highest BCUT2D eigenvalue weighted by Crippen LogP contribution is 2.43. The molecule has 0 fully saturated rings. The highest BCUT2D eigenvalue weighted by atomic mass is 19.4. The zero-order chi connectivity index (χ0) is 21.5. The second kappa shape index (κ2) is 7.26. The molecule has 1 aliphatic heterocycles. The fourth-order valence-electron chi connectivity index (χ4n) is 3.43. The van der Waals surface area contributed by atoms with Gasteiger partial charge in [-0.3, -0.25) is 9.69 Å². The number of hydrogen-bond donors (Lipinski definition) is 2. The Kier molecular flexibility index (Phi) is 4.73. The number of phenols is 2. The first-order chi connectivity index (χ1) is 14.2. The highest BCUT2D eigenvalue weighted by Gasteiger charge is 2.34. The molecule has 3 aromatic rings. The van der Waals surface area contributed by atoms with Crippen molar-refractivity contribution in [1.29, 1.82) is 0 Å². The summed E-state index contributed by atoms with van der Waals surface area (Å²) in [7, 11) is 0. The quantitative estimate of drug-likeness (QED) is 0.566. The minimum Gasteiger partial charge on any atom is -0.508 e. The molecule has 0 bridgehead atoms. The summed E-state index contributed by atoms with van der Waals surface area (Å²) in [6.07, 6.45) is -2.71. The van der Waals surface area contributed by atoms with Gasteiger partial charge in [0.15, 0.2) is 0 Å². The summed E-state index contributed by atoms with van der Waals surface area (Å²) in [6, 6.07) is 15.5. The van der Waals surface area contributed by atoms with E-state index in [1.807, 2.05) is 0 Å². The number of alkyl halides is 3. The van der Waals surface area contributed by atoms with E-state index < -0.39 is 11.7 Å². The second-order valence-corrected chi connectivity index (χ2v) is 6.88. The molecule has 4 rings (SSSR count). The molecule has 152 valence electrons. The van der Waals surface area contributed by atoms with Gasteiger partial charge in [0, 0.05) is 22.9 Å². The SMILES string of the molecule is O=C1/C(=C\Cc2cccc(C(F)(F)F)c2)c2ccc(O)cc2N1c1ccc(O)cc1. The summed E-state index contributed by atoms with van der Waals surface area (Å²) >= 11 is 0. The number of halogens is 3. The Labute approximate surface area is 170 Å². The number of allylic oxidation sites excluding steroid dienone is 1. The monoisotopic (exact) mass is 411 g/mol. The first-order valence-corrected chi connectivity index (χ1v) is 9.07. The molecule has 3 aromatic carbocycles. The van der Waals surface area contributed by atoms with Crippen LogP contribution in [0.1, 0.15) is 16.7 Å². The normalized spacial score (nSPS) is 15.0. The summed E-state index contributed by atoms with van der Waals surface area (Å²) in [5.41, 5.74) is 1.53. The van der Waals surface area contributed by atoms with Gasteiger partial charge in [0.05, 0.1) is 11.3 Å². The Morgan fingerprint density at radius 1 is 0.900 bits per heavy atom. The van der Waals surface area contributed by atoms with E-state index in [0.29, 0.717) is 28.1 Å². The molecular formula is C23H16F3NO3. The second-order valence-electron chi connectivity index (χ2n) is 6.88. The third kappa shape index (κ3) is 3.61. The lowest BCUT2D eigenvalue weighted by Crippen LogP contribution is -2.20. The van der Waals surface area contributed by atoms with Crippen LogP contribution in [0.2, 0.25) is 0 Å². The van der Waals surface area contributed by atoms with Gasteiger partial charge < -0.3 is 10.2 Å². The van der Waals surface area contributed by atoms with Crippen LogP contribution in [-0.4, -0.2) is 16.1 Å². The van der Waals surface area contributed by atoms with Gasteiger partial charge in [0.2, 0.25) is 0 Å². The van der Waals surface area contributed by atoms with Gasteiger partial charge in [-0.25, -0.2) is 0 Å². The molecule has 0 aromatic heterocycles. The van der Waals surface area contributed by atoms with Crippen LogP contribution in [0, 0.1) is 0 Å². The number of anilines is 2. The van der Waals surface area contributed by atoms with Crippen LogP contribution in [0.15, 0.2) is 72.8 Å². The Bertz CT molecular complexity index is 1150. The Morgan fingerprint density at radius 2 is 1.60 bits per heavy atom. The van der Waals surface area contributed by atoms with Gasteiger partial charge in [-0.05, 0) is 54.4 Å². The first-order valence-electron chi connectivity index (χ1n) is 9.07. The molecule has 7 heteroatoms. The molecule has 0 saturated heterocycles. The van der Waals surface area contributed by atoms with E-state index >= 15 is 0 Å². The molecular weight excluding hydrogens is 395 g/mol. The first kappa shape index (κ1) is 19.6. The van der Waals surface area contributed by atoms with Crippen molar-refractivity contribution >= 4 is 22.9 Å². The van der Waals surface area contributed by atoms with Gasteiger partial charge >= 0.3 is 6.18 Å². The van der Waals surface area contributed by atoms with E-state index in [-0.39, 0.29) is 23.8 Å². The molecule has 4 nitrogen and oxygen atoms in total. The largest absolute Gasteiger partial charge is 0.508 e. The maximum Gasteiger partial charge on any atom is 0.416 e. The average Bonchev–Trinajstić information content (AvgIpc) is 2.97. The average molecular weight is 411 g/mol. The van der Waals surface area contributed by atoms with Crippen LogP contribution in [0.3, 0.4) is 0 Å². The van der Waals surface area contributed by atoms with E-state index in [1.165, 1.54) is 35.2 Å². The molecule has 0 unspecified atom stereocenters. The molecule has 0 aliphatic carbocycles. The van der Waals surface area contributed by atoms with Crippen molar-refractivity contribution in [3.8, 4) is 11.5 Å². The van der Waals surface area contributed by atoms with Crippen LogP contribution < -0.4 is 4.90 Å². The smallest absolute Gasteiger partial charge is 0.416 e. The number of amides is 1. The van der Waals surface area contributed by atoms with Gasteiger partial charge in [-0.1, -0.05) is 24.3 Å². The van der Waals surface area contributed by atoms with E-state index in [4.69, 9.17) is 0 Å². The maximum absolute atomic E-state index is 13.1. The molecule has 0 radical (unpaired) electrons. The number of carbonyl (C=O) groups is 1. The number of carbonyl (C=O) groups excluding carboxylic acids is 1. The standard InChI is InChI=1S/C23H16F3NO3/c24-23(25,26)15-3-1-2-14(12-15)4-10-20-19-11-9-18(29)13-21(19)27(22(20)30)16-5-7-17(28)8-6-16/h1-3,5-13,28-29H,4H2/b20-10-. The van der Waals surface area contributed by atoms with Crippen molar-refractivity contribution in [2.24, 2.45) is 0 Å². The summed E-state index contributed by atoms with van der Waals surface area (Å²) in [4.78, 5) is 14.5. The third-order valence-corrected chi connectivity index (χ3v) is 4.85. The third-order valence-electron chi connectivity index (χ3n) is 4.85. The molecule has 2 N–H and O–H groups in total. The fraction of sp³-hybridized carbons (Fsp3) is 0.0870. The molecule has 30 heavy (non-hydrogen) atoms. The van der Waals surface area contributed by atoms with Crippen LogP contribution in [0.5, 0.6) is 11.5 Å². The Hall–Kier alpha value is -3.74. The zero-order valence-electron chi connectivity index (χ0n) is 15.5. The van der Waals surface area contributed by atoms with Crippen LogP contribution in [0.4, 0.5) is 24.5 Å². The molecule has 1 heterocycles. The van der Waals surface area contributed by atoms with E-state index in [2.05, 4.69) is 0 Å². The number of benzene rings is 3. The lowest BCUT2D eigenvalue weighted by Gasteiger charge is -2.17. The van der Waals surface area contributed by atoms with Crippen molar-refractivity contribution in [3.05, 3.63) is 89.5 Å². The van der Waals surface area contributed by atoms with Crippen LogP contribution >= 0.6 is 0 Å². The topological polar surface area (TPSA) is 60.8 Å². The summed E-state index contributed by atoms with van der Waals surface area (Å²) in [5.74, 6) is -0.348. The minimum atomic E-state index is -4.44. The number of hydrogen-bond acceptors (Lipinski definition) is 3. The minimum absolute atomic E-state index is 0.0237. The number of aromatic hydroxyl groups is 2. The van der Waals surface area contributed by atoms with Crippen molar-refractivity contribution in [2.45, 2.75) is 12.6 Å². The summed E-state index contributed by atoms with van der Waals surface area (Å²) in [5, 5.41) is 19.4. The Balaban J connectivity index is 1.72. The van der Waals surface area contributed by atoms with Crippen molar-refractivity contribution in [1.82, 2.24) is 0 Å². The van der Waals surface area contributed by atoms with Crippen molar-refractivity contribution < 1.29 is 28.2 Å². The van der Waals surface area contributed by atoms with Gasteiger partial charge in [-0.2, -0.15) is 13.2 Å². The van der Waals surface area contributed by atoms with E-state index in [9.17, 15) is 28.2 Å². The summed E-state index contributed by atoms with van der Waals surface area (Å²) < 4.78 is 38.9. The fourth-order valence-corrected chi connectivity index (χ4v) is 3.43. The molecule has 0 atom stereocenters. The van der Waals surface area contributed by atoms with Gasteiger partial charge in [-0.15, -0.1) is 0 Å². The predicted octanol–water partition coefficient (Wildman–Crippen LogP) is 5.42. The van der Waals surface area contributed by atoms with E-state index in [0.717, 1.165) is 12.1 Å². The molecule has 0 saturated carbocycles. The number of nitrogens with zero attached hydrogens (tertiary/aromatic N) is 1. The Morgan fingerprint density at radius 3 is 2.30 bits per heavy atom.